The number of aliphatic carboxylic acids is 1. The summed E-state index contributed by atoms with van der Waals surface area (Å²) in [6, 6.07) is 4.21. The number of methoxy groups -OCH3 is 1. The van der Waals surface area contributed by atoms with Gasteiger partial charge in [-0.15, -0.1) is 0 Å². The first-order valence-corrected chi connectivity index (χ1v) is 6.81. The van der Waals surface area contributed by atoms with Crippen LogP contribution in [0.25, 0.3) is 10.9 Å². The zero-order chi connectivity index (χ0) is 14.9. The number of aryl methyl sites for hydroxylation is 3. The molecule has 0 aliphatic carbocycles. The van der Waals surface area contributed by atoms with E-state index in [0.717, 1.165) is 22.5 Å². The molecule has 4 heteroatoms. The minimum absolute atomic E-state index is 0.196. The van der Waals surface area contributed by atoms with Gasteiger partial charge < -0.3 is 14.4 Å². The molecule has 0 bridgehead atoms. The van der Waals surface area contributed by atoms with Crippen LogP contribution in [-0.4, -0.2) is 22.8 Å². The first kappa shape index (κ1) is 14.4. The smallest absolute Gasteiger partial charge is 0.303 e. The monoisotopic (exact) mass is 275 g/mol. The third-order valence-electron chi connectivity index (χ3n) is 3.94. The number of fused-ring (bicyclic) bond motifs is 1. The van der Waals surface area contributed by atoms with E-state index in [0.29, 0.717) is 13.0 Å². The van der Waals surface area contributed by atoms with Crippen molar-refractivity contribution in [1.82, 2.24) is 4.57 Å². The van der Waals surface area contributed by atoms with Crippen LogP contribution in [0.5, 0.6) is 5.75 Å². The zero-order valence-electron chi connectivity index (χ0n) is 12.5. The summed E-state index contributed by atoms with van der Waals surface area (Å²) in [6.07, 6.45) is 0.830. The van der Waals surface area contributed by atoms with E-state index in [1.807, 2.05) is 6.07 Å². The molecule has 0 amide bonds. The number of carboxylic acid groups (broad SMARTS) is 1. The highest BCUT2D eigenvalue weighted by Gasteiger charge is 2.13. The number of aromatic nitrogens is 1. The lowest BCUT2D eigenvalue weighted by Crippen LogP contribution is -2.03. The topological polar surface area (TPSA) is 51.5 Å². The van der Waals surface area contributed by atoms with E-state index in [1.54, 1.807) is 7.11 Å². The fourth-order valence-corrected chi connectivity index (χ4v) is 2.67. The molecule has 1 heterocycles. The Morgan fingerprint density at radius 1 is 1.25 bits per heavy atom. The lowest BCUT2D eigenvalue weighted by molar-refractivity contribution is -0.137. The van der Waals surface area contributed by atoms with Gasteiger partial charge in [-0.05, 0) is 44.4 Å². The minimum atomic E-state index is -0.747. The highest BCUT2D eigenvalue weighted by atomic mass is 16.5. The van der Waals surface area contributed by atoms with Gasteiger partial charge >= 0.3 is 5.97 Å². The summed E-state index contributed by atoms with van der Waals surface area (Å²) < 4.78 is 7.61. The Bertz CT molecular complexity index is 656. The number of carbonyl (C=O) groups is 1. The molecule has 0 atom stereocenters. The maximum absolute atomic E-state index is 10.6. The Morgan fingerprint density at radius 2 is 1.95 bits per heavy atom. The van der Waals surface area contributed by atoms with Crippen LogP contribution in [-0.2, 0) is 11.3 Å². The number of nitrogens with zero attached hydrogens (tertiary/aromatic N) is 1. The van der Waals surface area contributed by atoms with Crippen LogP contribution in [0.1, 0.15) is 29.7 Å². The average Bonchev–Trinajstić information content (AvgIpc) is 2.71. The Morgan fingerprint density at radius 3 is 2.55 bits per heavy atom. The highest BCUT2D eigenvalue weighted by molar-refractivity contribution is 5.87. The molecule has 0 spiro atoms. The van der Waals surface area contributed by atoms with E-state index >= 15 is 0 Å². The molecule has 2 aromatic rings. The van der Waals surface area contributed by atoms with E-state index in [2.05, 4.69) is 31.4 Å². The third kappa shape index (κ3) is 2.50. The van der Waals surface area contributed by atoms with E-state index in [-0.39, 0.29) is 6.42 Å². The van der Waals surface area contributed by atoms with E-state index in [4.69, 9.17) is 9.84 Å². The fourth-order valence-electron chi connectivity index (χ4n) is 2.67. The van der Waals surface area contributed by atoms with Crippen molar-refractivity contribution in [2.75, 3.05) is 7.11 Å². The van der Waals surface area contributed by atoms with E-state index in [9.17, 15) is 4.79 Å². The van der Waals surface area contributed by atoms with Gasteiger partial charge in [0.1, 0.15) is 5.75 Å². The Hall–Kier alpha value is -1.97. The van der Waals surface area contributed by atoms with Gasteiger partial charge in [0.05, 0.1) is 12.6 Å². The van der Waals surface area contributed by atoms with Gasteiger partial charge in [0.2, 0.25) is 0 Å². The molecule has 0 fully saturated rings. The van der Waals surface area contributed by atoms with Crippen LogP contribution in [0.4, 0.5) is 0 Å². The second-order valence-corrected chi connectivity index (χ2v) is 5.20. The second-order valence-electron chi connectivity index (χ2n) is 5.20. The van der Waals surface area contributed by atoms with Crippen molar-refractivity contribution in [3.8, 4) is 5.75 Å². The molecule has 1 aromatic heterocycles. The molecule has 1 aromatic carbocycles. The summed E-state index contributed by atoms with van der Waals surface area (Å²) in [5, 5.41) is 9.98. The summed E-state index contributed by atoms with van der Waals surface area (Å²) in [7, 11) is 1.68. The first-order valence-electron chi connectivity index (χ1n) is 6.81. The molecule has 0 unspecified atom stereocenters. The number of hydrogen-bond acceptors (Lipinski definition) is 2. The third-order valence-corrected chi connectivity index (χ3v) is 3.94. The van der Waals surface area contributed by atoms with Crippen molar-refractivity contribution < 1.29 is 14.6 Å². The minimum Gasteiger partial charge on any atom is -0.496 e. The van der Waals surface area contributed by atoms with Crippen molar-refractivity contribution in [3.05, 3.63) is 29.0 Å². The summed E-state index contributed by atoms with van der Waals surface area (Å²) in [5.41, 5.74) is 4.65. The quantitative estimate of drug-likeness (QED) is 0.909. The summed E-state index contributed by atoms with van der Waals surface area (Å²) in [4.78, 5) is 10.6. The molecule has 20 heavy (non-hydrogen) atoms. The molecule has 0 aliphatic heterocycles. The van der Waals surface area contributed by atoms with Crippen LogP contribution in [0, 0.1) is 20.8 Å². The molecule has 0 aliphatic rings. The van der Waals surface area contributed by atoms with Crippen LogP contribution >= 0.6 is 0 Å². The van der Waals surface area contributed by atoms with Crippen molar-refractivity contribution in [3.63, 3.8) is 0 Å². The zero-order valence-corrected chi connectivity index (χ0v) is 12.5. The van der Waals surface area contributed by atoms with Gasteiger partial charge in [-0.1, -0.05) is 0 Å². The summed E-state index contributed by atoms with van der Waals surface area (Å²) >= 11 is 0. The van der Waals surface area contributed by atoms with E-state index < -0.39 is 5.97 Å². The number of hydrogen-bond donors (Lipinski definition) is 1. The van der Waals surface area contributed by atoms with Gasteiger partial charge in [0.15, 0.2) is 0 Å². The molecule has 4 nitrogen and oxygen atoms in total. The molecule has 2 rings (SSSR count). The van der Waals surface area contributed by atoms with Gasteiger partial charge in [0.25, 0.3) is 0 Å². The Kier molecular flexibility index (Phi) is 4.02. The number of rotatable bonds is 5. The fraction of sp³-hybridized carbons (Fsp3) is 0.438. The summed E-state index contributed by atoms with van der Waals surface area (Å²) in [5.74, 6) is 0.135. The van der Waals surface area contributed by atoms with Gasteiger partial charge in [-0.2, -0.15) is 0 Å². The van der Waals surface area contributed by atoms with Gasteiger partial charge in [0, 0.05) is 30.1 Å². The SMILES string of the molecule is COc1cc2c(cc(C)n2CCCC(=O)O)c(C)c1C. The van der Waals surface area contributed by atoms with Gasteiger partial charge in [-0.3, -0.25) is 4.79 Å². The lowest BCUT2D eigenvalue weighted by atomic mass is 10.0. The predicted molar refractivity (Wildman–Crippen MR) is 79.6 cm³/mol. The van der Waals surface area contributed by atoms with Crippen molar-refractivity contribution >= 4 is 16.9 Å². The predicted octanol–water partition coefficient (Wildman–Crippen LogP) is 3.44. The lowest BCUT2D eigenvalue weighted by Gasteiger charge is -2.12. The van der Waals surface area contributed by atoms with Crippen LogP contribution in [0.2, 0.25) is 0 Å². The molecule has 108 valence electrons. The maximum atomic E-state index is 10.6. The van der Waals surface area contributed by atoms with Crippen LogP contribution in [0.15, 0.2) is 12.1 Å². The molecule has 0 saturated carbocycles. The standard InChI is InChI=1S/C16H21NO3/c1-10-8-13-11(2)12(3)15(20-4)9-14(13)17(10)7-5-6-16(18)19/h8-9H,5-7H2,1-4H3,(H,18,19). The van der Waals surface area contributed by atoms with E-state index in [1.165, 1.54) is 10.9 Å². The maximum Gasteiger partial charge on any atom is 0.303 e. The number of carboxylic acids is 1. The Labute approximate surface area is 119 Å². The molecule has 1 N–H and O–H groups in total. The molecular formula is C16H21NO3. The van der Waals surface area contributed by atoms with Crippen LogP contribution < -0.4 is 4.74 Å². The molecule has 0 saturated heterocycles. The van der Waals surface area contributed by atoms with Crippen LogP contribution in [0.3, 0.4) is 0 Å². The first-order chi connectivity index (χ1) is 9.45. The second kappa shape index (κ2) is 5.57. The number of benzene rings is 1. The largest absolute Gasteiger partial charge is 0.496 e. The number of ether oxygens (including phenoxy) is 1. The normalized spacial score (nSPS) is 11.0. The van der Waals surface area contributed by atoms with Crippen molar-refractivity contribution in [2.45, 2.75) is 40.2 Å². The summed E-state index contributed by atoms with van der Waals surface area (Å²) in [6.45, 7) is 6.93. The molecule has 0 radical (unpaired) electrons. The molecular weight excluding hydrogens is 254 g/mol. The average molecular weight is 275 g/mol. The highest BCUT2D eigenvalue weighted by Crippen LogP contribution is 2.32. The Balaban J connectivity index is 2.46. The van der Waals surface area contributed by atoms with Crippen molar-refractivity contribution in [2.24, 2.45) is 0 Å². The van der Waals surface area contributed by atoms with Gasteiger partial charge in [-0.25, -0.2) is 0 Å². The van der Waals surface area contributed by atoms with Crippen molar-refractivity contribution in [1.29, 1.82) is 0 Å².